The highest BCUT2D eigenvalue weighted by Crippen LogP contribution is 2.55. The maximum atomic E-state index is 13.6. The summed E-state index contributed by atoms with van der Waals surface area (Å²) in [5, 5.41) is 3.17. The maximum Gasteiger partial charge on any atom is 0.460 e. The summed E-state index contributed by atoms with van der Waals surface area (Å²) < 4.78 is 138. The number of rotatable bonds is 10. The van der Waals surface area contributed by atoms with E-state index >= 15 is 0 Å². The van der Waals surface area contributed by atoms with Crippen LogP contribution in [-0.4, -0.2) is 79.1 Å². The Balaban J connectivity index is 5.60. The fourth-order valence-electron chi connectivity index (χ4n) is 1.97. The Morgan fingerprint density at radius 2 is 1.30 bits per heavy atom. The van der Waals surface area contributed by atoms with Crippen molar-refractivity contribution in [3.63, 3.8) is 0 Å². The molecular formula is C12H20F9N2O3S+. The molecule has 15 heteroatoms. The number of hydrogen-bond acceptors (Lipinski definition) is 3. The van der Waals surface area contributed by atoms with E-state index in [2.05, 4.69) is 0 Å². The van der Waals surface area contributed by atoms with Crippen LogP contribution in [0.1, 0.15) is 20.3 Å². The Morgan fingerprint density at radius 3 is 1.63 bits per heavy atom. The molecule has 1 N–H and O–H groups in total. The smallest absolute Gasteiger partial charge is 0.217 e. The van der Waals surface area contributed by atoms with Gasteiger partial charge in [0.2, 0.25) is 0 Å². The van der Waals surface area contributed by atoms with Crippen LogP contribution in [0.2, 0.25) is 0 Å². The van der Waals surface area contributed by atoms with Crippen molar-refractivity contribution in [2.45, 2.75) is 43.5 Å². The molecule has 0 aliphatic heterocycles. The van der Waals surface area contributed by atoms with Gasteiger partial charge in [-0.25, -0.2) is 13.6 Å². The van der Waals surface area contributed by atoms with Gasteiger partial charge in [-0.3, -0.25) is 0 Å². The van der Waals surface area contributed by atoms with E-state index in [1.54, 1.807) is 0 Å². The van der Waals surface area contributed by atoms with Gasteiger partial charge in [0.25, 0.3) is 10.0 Å². The summed E-state index contributed by atoms with van der Waals surface area (Å²) in [5.74, 6) is -14.5. The van der Waals surface area contributed by atoms with Crippen molar-refractivity contribution in [3.8, 4) is 0 Å². The first-order valence-electron chi connectivity index (χ1n) is 7.50. The molecule has 27 heavy (non-hydrogen) atoms. The molecule has 0 amide bonds. The summed E-state index contributed by atoms with van der Waals surface area (Å²) in [6, 6.07) is 0. The van der Waals surface area contributed by atoms with Crippen LogP contribution in [0.25, 0.3) is 0 Å². The second-order valence-corrected chi connectivity index (χ2v) is 7.88. The molecule has 0 aromatic heterocycles. The van der Waals surface area contributed by atoms with Crippen LogP contribution in [-0.2, 0) is 10.0 Å². The first kappa shape index (κ1) is 26.2. The standard InChI is InChI=1S/C12H20F9N2O3S/c1-4-23(24,5-2)8-6-7-22(3)27(25,26)12(20,21)10(15,16)9(13,14)11(17,18)19/h24H,4-8H2,1-3H3/q+1. The van der Waals surface area contributed by atoms with Gasteiger partial charge in [0.15, 0.2) is 0 Å². The van der Waals surface area contributed by atoms with E-state index in [9.17, 15) is 53.1 Å². The average Bonchev–Trinajstić information content (AvgIpc) is 2.52. The highest BCUT2D eigenvalue weighted by molar-refractivity contribution is 7.90. The Hall–Kier alpha value is -0.800. The number of quaternary nitrogens is 1. The lowest BCUT2D eigenvalue weighted by Crippen LogP contribution is -2.65. The van der Waals surface area contributed by atoms with Crippen molar-refractivity contribution in [1.82, 2.24) is 4.31 Å². The molecule has 0 fully saturated rings. The van der Waals surface area contributed by atoms with E-state index in [0.717, 1.165) is 0 Å². The largest absolute Gasteiger partial charge is 0.460 e. The van der Waals surface area contributed by atoms with Crippen molar-refractivity contribution in [3.05, 3.63) is 0 Å². The molecule has 0 unspecified atom stereocenters. The SMILES string of the molecule is CC[N+](O)(CC)CCCN(C)S(=O)(=O)C(F)(F)C(F)(F)C(F)(F)C(F)(F)F. The monoisotopic (exact) mass is 443 g/mol. The summed E-state index contributed by atoms with van der Waals surface area (Å²) >= 11 is 0. The molecule has 0 rings (SSSR count). The molecule has 0 saturated heterocycles. The van der Waals surface area contributed by atoms with E-state index < -0.39 is 48.8 Å². The molecule has 5 nitrogen and oxygen atoms in total. The zero-order chi connectivity index (χ0) is 22.1. The minimum absolute atomic E-state index is 0.138. The van der Waals surface area contributed by atoms with Crippen LogP contribution in [0.4, 0.5) is 39.5 Å². The Labute approximate surface area is 149 Å². The van der Waals surface area contributed by atoms with Gasteiger partial charge in [-0.1, -0.05) is 0 Å². The molecule has 0 radical (unpaired) electrons. The molecule has 0 aromatic carbocycles. The van der Waals surface area contributed by atoms with Crippen molar-refractivity contribution in [2.75, 3.05) is 33.2 Å². The molecule has 0 bridgehead atoms. The highest BCUT2D eigenvalue weighted by atomic mass is 32.2. The van der Waals surface area contributed by atoms with Crippen LogP contribution >= 0.6 is 0 Å². The van der Waals surface area contributed by atoms with Crippen LogP contribution in [0, 0.1) is 0 Å². The third kappa shape index (κ3) is 4.62. The normalized spacial score (nSPS) is 15.5. The minimum atomic E-state index is -7.29. The first-order chi connectivity index (χ1) is 11.7. The maximum absolute atomic E-state index is 13.6. The zero-order valence-electron chi connectivity index (χ0n) is 14.5. The molecule has 164 valence electrons. The number of sulfonamides is 1. The number of alkyl halides is 9. The second kappa shape index (κ2) is 7.91. The van der Waals surface area contributed by atoms with Gasteiger partial charge in [0, 0.05) is 20.0 Å². The number of halogens is 9. The summed E-state index contributed by atoms with van der Waals surface area (Å²) in [7, 11) is -6.26. The number of hydrogen-bond donors (Lipinski definition) is 1. The molecule has 0 aromatic rings. The minimum Gasteiger partial charge on any atom is -0.217 e. The average molecular weight is 443 g/mol. The van der Waals surface area contributed by atoms with Crippen molar-refractivity contribution in [1.29, 1.82) is 0 Å². The molecule has 0 atom stereocenters. The van der Waals surface area contributed by atoms with Crippen LogP contribution in [0.5, 0.6) is 0 Å². The quantitative estimate of drug-likeness (QED) is 0.320. The van der Waals surface area contributed by atoms with Gasteiger partial charge in [0.05, 0.1) is 0 Å². The third-order valence-electron chi connectivity index (χ3n) is 4.07. The lowest BCUT2D eigenvalue weighted by Gasteiger charge is -2.35. The molecule has 0 aliphatic rings. The van der Waals surface area contributed by atoms with Crippen LogP contribution in [0.15, 0.2) is 0 Å². The van der Waals surface area contributed by atoms with Gasteiger partial charge in [-0.15, -0.1) is 0 Å². The van der Waals surface area contributed by atoms with Crippen molar-refractivity contribution in [2.24, 2.45) is 0 Å². The molecule has 0 aliphatic carbocycles. The van der Waals surface area contributed by atoms with Crippen molar-refractivity contribution >= 4 is 10.0 Å². The summed E-state index contributed by atoms with van der Waals surface area (Å²) in [5.41, 5.74) is 0. The van der Waals surface area contributed by atoms with Gasteiger partial charge >= 0.3 is 23.3 Å². The van der Waals surface area contributed by atoms with Gasteiger partial charge in [-0.2, -0.15) is 48.5 Å². The van der Waals surface area contributed by atoms with Gasteiger partial charge < -0.3 is 0 Å². The molecule has 0 saturated carbocycles. The van der Waals surface area contributed by atoms with Crippen LogP contribution in [0.3, 0.4) is 0 Å². The molecule has 0 spiro atoms. The molecule has 0 heterocycles. The van der Waals surface area contributed by atoms with E-state index in [-0.39, 0.29) is 26.1 Å². The van der Waals surface area contributed by atoms with Crippen LogP contribution < -0.4 is 0 Å². The summed E-state index contributed by atoms with van der Waals surface area (Å²) in [6.07, 6.45) is -7.46. The first-order valence-corrected chi connectivity index (χ1v) is 8.94. The van der Waals surface area contributed by atoms with E-state index in [1.807, 2.05) is 0 Å². The number of nitrogens with zero attached hydrogens (tertiary/aromatic N) is 2. The second-order valence-electron chi connectivity index (χ2n) is 5.79. The van der Waals surface area contributed by atoms with E-state index in [0.29, 0.717) is 7.05 Å². The predicted molar refractivity (Wildman–Crippen MR) is 75.1 cm³/mol. The third-order valence-corrected chi connectivity index (χ3v) is 5.98. The van der Waals surface area contributed by atoms with Gasteiger partial charge in [-0.05, 0) is 13.8 Å². The fourth-order valence-corrected chi connectivity index (χ4v) is 3.18. The van der Waals surface area contributed by atoms with Gasteiger partial charge in [0.1, 0.15) is 19.6 Å². The van der Waals surface area contributed by atoms with E-state index in [1.165, 1.54) is 13.8 Å². The Morgan fingerprint density at radius 1 is 0.889 bits per heavy atom. The Kier molecular flexibility index (Phi) is 7.67. The molecular weight excluding hydrogens is 423 g/mol. The fraction of sp³-hybridized carbons (Fsp3) is 1.00. The Bertz CT molecular complexity index is 604. The summed E-state index contributed by atoms with van der Waals surface area (Å²) in [6.45, 7) is 2.23. The lowest BCUT2D eigenvalue weighted by molar-refractivity contribution is -1.10. The number of hydroxylamine groups is 3. The highest BCUT2D eigenvalue weighted by Gasteiger charge is 2.85. The van der Waals surface area contributed by atoms with E-state index in [4.69, 9.17) is 0 Å². The zero-order valence-corrected chi connectivity index (χ0v) is 15.3. The predicted octanol–water partition coefficient (Wildman–Crippen LogP) is 3.31. The topological polar surface area (TPSA) is 57.6 Å². The van der Waals surface area contributed by atoms with Crippen molar-refractivity contribution < 1.29 is 57.8 Å². The summed E-state index contributed by atoms with van der Waals surface area (Å²) in [4.78, 5) is 0. The lowest BCUT2D eigenvalue weighted by atomic mass is 10.1.